The van der Waals surface area contributed by atoms with Crippen LogP contribution in [0.5, 0.6) is 5.75 Å². The minimum absolute atomic E-state index is 0.00764. The molecule has 0 N–H and O–H groups in total. The Bertz CT molecular complexity index is 630. The molecule has 5 nitrogen and oxygen atoms in total. The van der Waals surface area contributed by atoms with Gasteiger partial charge in [0.15, 0.2) is 0 Å². The average molecular weight is 375 g/mol. The largest absolute Gasteiger partial charge is 0.491 e. The number of rotatable bonds is 3. The fourth-order valence-corrected chi connectivity index (χ4v) is 3.61. The Labute approximate surface area is 163 Å². The van der Waals surface area contributed by atoms with Gasteiger partial charge < -0.3 is 14.5 Å². The molecule has 0 aromatic heterocycles. The molecule has 0 bridgehead atoms. The predicted molar refractivity (Wildman–Crippen MR) is 108 cm³/mol. The van der Waals surface area contributed by atoms with Gasteiger partial charge in [0.1, 0.15) is 12.4 Å². The van der Waals surface area contributed by atoms with Gasteiger partial charge in [0.05, 0.1) is 11.6 Å². The van der Waals surface area contributed by atoms with E-state index in [1.807, 2.05) is 43.1 Å². The van der Waals surface area contributed by atoms with Gasteiger partial charge in [-0.15, -0.1) is 0 Å². The highest BCUT2D eigenvalue weighted by molar-refractivity contribution is 5.96. The van der Waals surface area contributed by atoms with Crippen molar-refractivity contribution >= 4 is 11.8 Å². The zero-order valence-electron chi connectivity index (χ0n) is 17.2. The van der Waals surface area contributed by atoms with Crippen LogP contribution in [0.15, 0.2) is 24.3 Å². The van der Waals surface area contributed by atoms with Gasteiger partial charge in [-0.1, -0.05) is 32.9 Å². The van der Waals surface area contributed by atoms with Gasteiger partial charge in [-0.2, -0.15) is 0 Å². The van der Waals surface area contributed by atoms with Crippen molar-refractivity contribution in [3.8, 4) is 5.75 Å². The minimum atomic E-state index is -0.00764. The molecule has 0 fully saturated rings. The van der Waals surface area contributed by atoms with Crippen molar-refractivity contribution < 1.29 is 14.3 Å². The summed E-state index contributed by atoms with van der Waals surface area (Å²) >= 11 is 0. The first-order chi connectivity index (χ1) is 12.9. The highest BCUT2D eigenvalue weighted by atomic mass is 16.5. The van der Waals surface area contributed by atoms with Gasteiger partial charge >= 0.3 is 0 Å². The van der Waals surface area contributed by atoms with Crippen LogP contribution in [0.4, 0.5) is 0 Å². The molecule has 0 unspecified atom stereocenters. The molecule has 1 aliphatic heterocycles. The highest BCUT2D eigenvalue weighted by Crippen LogP contribution is 2.23. The van der Waals surface area contributed by atoms with Crippen molar-refractivity contribution in [1.29, 1.82) is 0 Å². The van der Waals surface area contributed by atoms with E-state index >= 15 is 0 Å². The number of carbonyl (C=O) groups is 2. The number of ether oxygens (including phenoxy) is 1. The van der Waals surface area contributed by atoms with Crippen molar-refractivity contribution in [2.45, 2.75) is 58.9 Å². The molecule has 1 aromatic carbocycles. The van der Waals surface area contributed by atoms with Gasteiger partial charge in [-0.25, -0.2) is 0 Å². The Morgan fingerprint density at radius 3 is 2.59 bits per heavy atom. The maximum atomic E-state index is 12.8. The van der Waals surface area contributed by atoms with E-state index in [4.69, 9.17) is 4.74 Å². The molecule has 1 aromatic rings. The Kier molecular flexibility index (Phi) is 8.14. The summed E-state index contributed by atoms with van der Waals surface area (Å²) in [5.41, 5.74) is 0.593. The lowest BCUT2D eigenvalue weighted by Crippen LogP contribution is -2.44. The van der Waals surface area contributed by atoms with Crippen LogP contribution < -0.4 is 4.74 Å². The molecule has 5 heteroatoms. The summed E-state index contributed by atoms with van der Waals surface area (Å²) in [5.74, 6) is 1.24. The van der Waals surface area contributed by atoms with Crippen molar-refractivity contribution in [1.82, 2.24) is 9.80 Å². The van der Waals surface area contributed by atoms with E-state index in [1.54, 1.807) is 4.90 Å². The minimum Gasteiger partial charge on any atom is -0.491 e. The van der Waals surface area contributed by atoms with Crippen LogP contribution in [0, 0.1) is 5.92 Å². The smallest absolute Gasteiger partial charge is 0.257 e. The van der Waals surface area contributed by atoms with Crippen molar-refractivity contribution in [3.05, 3.63) is 29.8 Å². The van der Waals surface area contributed by atoms with Gasteiger partial charge in [-0.3, -0.25) is 9.59 Å². The van der Waals surface area contributed by atoms with Gasteiger partial charge in [0.25, 0.3) is 5.91 Å². The monoisotopic (exact) mass is 374 g/mol. The summed E-state index contributed by atoms with van der Waals surface area (Å²) in [7, 11) is 1.84. The number of hydrogen-bond acceptors (Lipinski definition) is 3. The molecule has 0 saturated heterocycles. The molecular weight excluding hydrogens is 340 g/mol. The number of nitrogens with zero attached hydrogens (tertiary/aromatic N) is 2. The first kappa shape index (κ1) is 21.3. The van der Waals surface area contributed by atoms with E-state index in [-0.39, 0.29) is 17.9 Å². The van der Waals surface area contributed by atoms with Crippen LogP contribution in [0.1, 0.15) is 63.2 Å². The van der Waals surface area contributed by atoms with Gasteiger partial charge in [0, 0.05) is 26.6 Å². The van der Waals surface area contributed by atoms with Crippen molar-refractivity contribution in [2.24, 2.45) is 5.92 Å². The topological polar surface area (TPSA) is 49.9 Å². The van der Waals surface area contributed by atoms with Crippen molar-refractivity contribution in [3.63, 3.8) is 0 Å². The normalized spacial score (nSPS) is 19.6. The number of carbonyl (C=O) groups excluding carboxylic acids is 2. The lowest BCUT2D eigenvalue weighted by atomic mass is 10.0. The van der Waals surface area contributed by atoms with Crippen molar-refractivity contribution in [2.75, 3.05) is 26.7 Å². The zero-order chi connectivity index (χ0) is 19.8. The Morgan fingerprint density at radius 2 is 1.89 bits per heavy atom. The molecule has 0 spiro atoms. The summed E-state index contributed by atoms with van der Waals surface area (Å²) in [5, 5.41) is 0. The summed E-state index contributed by atoms with van der Waals surface area (Å²) in [6.45, 7) is 8.14. The zero-order valence-corrected chi connectivity index (χ0v) is 17.2. The lowest BCUT2D eigenvalue weighted by molar-refractivity contribution is -0.134. The van der Waals surface area contributed by atoms with E-state index in [0.717, 1.165) is 32.2 Å². The molecule has 1 aliphatic rings. The predicted octanol–water partition coefficient (Wildman–Crippen LogP) is 3.97. The van der Waals surface area contributed by atoms with Crippen LogP contribution in [0.25, 0.3) is 0 Å². The first-order valence-corrected chi connectivity index (χ1v) is 10.2. The Hall–Kier alpha value is -2.04. The van der Waals surface area contributed by atoms with Crippen LogP contribution in [0.3, 0.4) is 0 Å². The molecule has 2 amide bonds. The second-order valence-electron chi connectivity index (χ2n) is 7.82. The number of amides is 2. The summed E-state index contributed by atoms with van der Waals surface area (Å²) < 4.78 is 6.12. The number of para-hydroxylation sites is 1. The summed E-state index contributed by atoms with van der Waals surface area (Å²) in [4.78, 5) is 29.2. The number of benzene rings is 1. The van der Waals surface area contributed by atoms with E-state index in [1.165, 1.54) is 0 Å². The lowest BCUT2D eigenvalue weighted by Gasteiger charge is -2.33. The fourth-order valence-electron chi connectivity index (χ4n) is 3.61. The Balaban J connectivity index is 2.32. The van der Waals surface area contributed by atoms with Crippen LogP contribution in [-0.2, 0) is 4.79 Å². The third kappa shape index (κ3) is 5.98. The molecule has 1 atom stereocenters. The molecule has 1 heterocycles. The highest BCUT2D eigenvalue weighted by Gasteiger charge is 2.25. The average Bonchev–Trinajstić information content (AvgIpc) is 2.67. The third-order valence-electron chi connectivity index (χ3n) is 5.09. The van der Waals surface area contributed by atoms with E-state index in [0.29, 0.717) is 36.8 Å². The van der Waals surface area contributed by atoms with E-state index in [2.05, 4.69) is 13.8 Å². The molecule has 0 saturated carbocycles. The molecule has 2 rings (SSSR count). The van der Waals surface area contributed by atoms with Gasteiger partial charge in [0.2, 0.25) is 5.91 Å². The third-order valence-corrected chi connectivity index (χ3v) is 5.09. The molecular formula is C22H34N2O3. The summed E-state index contributed by atoms with van der Waals surface area (Å²) in [6.07, 6.45) is 4.29. The first-order valence-electron chi connectivity index (χ1n) is 10.2. The maximum Gasteiger partial charge on any atom is 0.257 e. The molecule has 0 radical (unpaired) electrons. The standard InChI is InChI=1S/C22H34N2O3/c1-5-21(25)24-14-10-6-9-13-23(4)22(26)19-11-7-8-12-20(19)27-16-18(24)15-17(2)3/h7-8,11-12,17-18H,5-6,9-10,13-16H2,1-4H3/t18-/m0/s1. The molecule has 27 heavy (non-hydrogen) atoms. The fraction of sp³-hybridized carbons (Fsp3) is 0.636. The van der Waals surface area contributed by atoms with Crippen LogP contribution in [0.2, 0.25) is 0 Å². The SMILES string of the molecule is CCC(=O)N1CCCCCN(C)C(=O)c2ccccc2OC[C@@H]1CC(C)C. The Morgan fingerprint density at radius 1 is 1.19 bits per heavy atom. The maximum absolute atomic E-state index is 12.8. The number of hydrogen-bond donors (Lipinski definition) is 0. The summed E-state index contributed by atoms with van der Waals surface area (Å²) in [6, 6.07) is 7.44. The quantitative estimate of drug-likeness (QED) is 0.804. The number of fused-ring (bicyclic) bond motifs is 1. The van der Waals surface area contributed by atoms with E-state index in [9.17, 15) is 9.59 Å². The second kappa shape index (κ2) is 10.3. The van der Waals surface area contributed by atoms with Crippen LogP contribution in [-0.4, -0.2) is 54.4 Å². The van der Waals surface area contributed by atoms with Gasteiger partial charge in [-0.05, 0) is 43.7 Å². The van der Waals surface area contributed by atoms with E-state index < -0.39 is 0 Å². The second-order valence-corrected chi connectivity index (χ2v) is 7.82. The molecule has 150 valence electrons. The molecule has 0 aliphatic carbocycles. The van der Waals surface area contributed by atoms with Crippen LogP contribution >= 0.6 is 0 Å².